The molecule has 0 radical (unpaired) electrons. The lowest BCUT2D eigenvalue weighted by Crippen LogP contribution is -2.15. The maximum atomic E-state index is 5.38. The van der Waals surface area contributed by atoms with Crippen molar-refractivity contribution in [3.63, 3.8) is 0 Å². The molecule has 6 aromatic carbocycles. The van der Waals surface area contributed by atoms with Gasteiger partial charge in [-0.15, -0.1) is 0 Å². The molecule has 0 N–H and O–H groups in total. The molecule has 0 aliphatic carbocycles. The van der Waals surface area contributed by atoms with E-state index in [9.17, 15) is 0 Å². The second-order valence-corrected chi connectivity index (χ2v) is 14.4. The normalized spacial score (nSPS) is 12.7. The first-order chi connectivity index (χ1) is 22.1. The van der Waals surface area contributed by atoms with Crippen molar-refractivity contribution in [2.24, 2.45) is 0 Å². The fraction of sp³-hybridized carbons (Fsp3) is 0.209. The summed E-state index contributed by atoms with van der Waals surface area (Å²) in [5, 5.41) is 7.31. The predicted molar refractivity (Wildman–Crippen MR) is 196 cm³/mol. The van der Waals surface area contributed by atoms with Crippen LogP contribution in [0.5, 0.6) is 0 Å². The average Bonchev–Trinajstić information content (AvgIpc) is 3.42. The molecule has 0 aliphatic rings. The summed E-state index contributed by atoms with van der Waals surface area (Å²) in [4.78, 5) is 10.5. The lowest BCUT2D eigenvalue weighted by molar-refractivity contribution is 0.507. The predicted octanol–water partition coefficient (Wildman–Crippen LogP) is 11.7. The van der Waals surface area contributed by atoms with Crippen LogP contribution in [-0.2, 0) is 10.8 Å². The summed E-state index contributed by atoms with van der Waals surface area (Å²) in [7, 11) is 0. The van der Waals surface area contributed by atoms with E-state index in [4.69, 9.17) is 9.97 Å². The standard InChI is InChI=1S/C43H39N3/c1-7-43(5,6)29-20-22-34-36(25-29)35-24-28(42(2,3)4)19-21-33(35)40-41(34)45-37(26-44-40)27-13-12-14-30(23-27)46-38-17-10-8-15-31(38)32-16-9-11-18-39(32)46/h8-26H,7H2,1-6H3. The first-order valence-electron chi connectivity index (χ1n) is 16.4. The molecule has 8 rings (SSSR count). The summed E-state index contributed by atoms with van der Waals surface area (Å²) < 4.78 is 2.36. The third-order valence-corrected chi connectivity index (χ3v) is 10.1. The minimum absolute atomic E-state index is 0.0483. The molecule has 0 saturated carbocycles. The highest BCUT2D eigenvalue weighted by atomic mass is 15.0. The zero-order valence-corrected chi connectivity index (χ0v) is 27.5. The molecule has 0 fully saturated rings. The van der Waals surface area contributed by atoms with Gasteiger partial charge in [-0.25, -0.2) is 4.98 Å². The third-order valence-electron chi connectivity index (χ3n) is 10.1. The number of rotatable bonds is 4. The minimum atomic E-state index is 0.0483. The van der Waals surface area contributed by atoms with Crippen LogP contribution in [0, 0.1) is 0 Å². The molecule has 0 spiro atoms. The molecular weight excluding hydrogens is 558 g/mol. The Morgan fingerprint density at radius 1 is 0.565 bits per heavy atom. The van der Waals surface area contributed by atoms with Crippen molar-refractivity contribution in [1.29, 1.82) is 0 Å². The van der Waals surface area contributed by atoms with Crippen molar-refractivity contribution in [2.75, 3.05) is 0 Å². The SMILES string of the molecule is CCC(C)(C)c1ccc2c(c1)c1cc(C(C)(C)C)ccc1c1ncc(-c3cccc(-n4c5ccccc5c5ccccc54)c3)nc21. The first-order valence-corrected chi connectivity index (χ1v) is 16.4. The Morgan fingerprint density at radius 2 is 1.17 bits per heavy atom. The topological polar surface area (TPSA) is 30.7 Å². The average molecular weight is 598 g/mol. The highest BCUT2D eigenvalue weighted by molar-refractivity contribution is 6.23. The number of hydrogen-bond donors (Lipinski definition) is 0. The minimum Gasteiger partial charge on any atom is -0.309 e. The molecule has 3 nitrogen and oxygen atoms in total. The highest BCUT2D eigenvalue weighted by Crippen LogP contribution is 2.40. The van der Waals surface area contributed by atoms with Gasteiger partial charge in [0.25, 0.3) is 0 Å². The quantitative estimate of drug-likeness (QED) is 0.189. The number of para-hydroxylation sites is 2. The van der Waals surface area contributed by atoms with Gasteiger partial charge in [-0.2, -0.15) is 0 Å². The zero-order chi connectivity index (χ0) is 31.8. The van der Waals surface area contributed by atoms with E-state index in [1.807, 2.05) is 6.20 Å². The van der Waals surface area contributed by atoms with Gasteiger partial charge in [0.05, 0.1) is 34.0 Å². The van der Waals surface area contributed by atoms with Crippen molar-refractivity contribution >= 4 is 54.4 Å². The van der Waals surface area contributed by atoms with Crippen LogP contribution in [0.1, 0.15) is 59.1 Å². The molecular formula is C43H39N3. The van der Waals surface area contributed by atoms with E-state index in [2.05, 4.69) is 155 Å². The van der Waals surface area contributed by atoms with Crippen molar-refractivity contribution in [3.05, 3.63) is 127 Å². The Bertz CT molecular complexity index is 2420. The first kappa shape index (κ1) is 28.5. The van der Waals surface area contributed by atoms with Crippen LogP contribution in [0.3, 0.4) is 0 Å². The number of nitrogens with zero attached hydrogens (tertiary/aromatic N) is 3. The van der Waals surface area contributed by atoms with Crippen LogP contribution >= 0.6 is 0 Å². The third kappa shape index (κ3) is 4.41. The van der Waals surface area contributed by atoms with Crippen molar-refractivity contribution in [3.8, 4) is 16.9 Å². The Balaban J connectivity index is 1.37. The van der Waals surface area contributed by atoms with Gasteiger partial charge in [0, 0.05) is 32.8 Å². The summed E-state index contributed by atoms with van der Waals surface area (Å²) in [5.74, 6) is 0. The number of aromatic nitrogens is 3. The fourth-order valence-electron chi connectivity index (χ4n) is 6.96. The number of fused-ring (bicyclic) bond motifs is 9. The zero-order valence-electron chi connectivity index (χ0n) is 27.5. The lowest BCUT2D eigenvalue weighted by atomic mass is 9.80. The van der Waals surface area contributed by atoms with E-state index < -0.39 is 0 Å². The van der Waals surface area contributed by atoms with E-state index in [1.165, 1.54) is 43.7 Å². The molecule has 2 aromatic heterocycles. The summed E-state index contributed by atoms with van der Waals surface area (Å²) >= 11 is 0. The lowest BCUT2D eigenvalue weighted by Gasteiger charge is -2.25. The molecule has 8 aromatic rings. The molecule has 2 heterocycles. The maximum Gasteiger partial charge on any atom is 0.0979 e. The second-order valence-electron chi connectivity index (χ2n) is 14.4. The Morgan fingerprint density at radius 3 is 1.83 bits per heavy atom. The fourth-order valence-corrected chi connectivity index (χ4v) is 6.96. The second kappa shape index (κ2) is 10.3. The van der Waals surface area contributed by atoms with Gasteiger partial charge in [0.1, 0.15) is 0 Å². The van der Waals surface area contributed by atoms with Gasteiger partial charge in [-0.05, 0) is 75.5 Å². The molecule has 0 aliphatic heterocycles. The Labute approximate surface area is 270 Å². The number of benzene rings is 6. The molecule has 0 saturated heterocycles. The molecule has 3 heteroatoms. The number of hydrogen-bond acceptors (Lipinski definition) is 2. The summed E-state index contributed by atoms with van der Waals surface area (Å²) in [6, 6.07) is 39.9. The summed E-state index contributed by atoms with van der Waals surface area (Å²) in [5.41, 5.74) is 10.1. The highest BCUT2D eigenvalue weighted by Gasteiger charge is 2.22. The van der Waals surface area contributed by atoms with Crippen LogP contribution in [0.4, 0.5) is 0 Å². The van der Waals surface area contributed by atoms with Crippen LogP contribution in [0.15, 0.2) is 115 Å². The molecule has 46 heavy (non-hydrogen) atoms. The van der Waals surface area contributed by atoms with Crippen LogP contribution in [-0.4, -0.2) is 14.5 Å². The Kier molecular flexibility index (Phi) is 6.34. The maximum absolute atomic E-state index is 5.38. The molecule has 0 unspecified atom stereocenters. The van der Waals surface area contributed by atoms with E-state index in [1.54, 1.807) is 0 Å². The van der Waals surface area contributed by atoms with E-state index in [-0.39, 0.29) is 10.8 Å². The van der Waals surface area contributed by atoms with Crippen LogP contribution in [0.2, 0.25) is 0 Å². The smallest absolute Gasteiger partial charge is 0.0979 e. The summed E-state index contributed by atoms with van der Waals surface area (Å²) in [6.45, 7) is 13.8. The molecule has 0 amide bonds. The van der Waals surface area contributed by atoms with E-state index in [0.717, 1.165) is 45.2 Å². The van der Waals surface area contributed by atoms with Crippen LogP contribution in [0.25, 0.3) is 71.3 Å². The van der Waals surface area contributed by atoms with Crippen molar-refractivity contribution < 1.29 is 0 Å². The largest absolute Gasteiger partial charge is 0.309 e. The van der Waals surface area contributed by atoms with E-state index in [0.29, 0.717) is 0 Å². The van der Waals surface area contributed by atoms with Crippen molar-refractivity contribution in [1.82, 2.24) is 14.5 Å². The van der Waals surface area contributed by atoms with Gasteiger partial charge in [-0.3, -0.25) is 4.98 Å². The van der Waals surface area contributed by atoms with Crippen LogP contribution < -0.4 is 0 Å². The van der Waals surface area contributed by atoms with Gasteiger partial charge in [-0.1, -0.05) is 114 Å². The summed E-state index contributed by atoms with van der Waals surface area (Å²) in [6.07, 6.45) is 3.02. The Hall–Kier alpha value is -5.02. The monoisotopic (exact) mass is 597 g/mol. The van der Waals surface area contributed by atoms with Gasteiger partial charge < -0.3 is 4.57 Å². The van der Waals surface area contributed by atoms with Gasteiger partial charge >= 0.3 is 0 Å². The van der Waals surface area contributed by atoms with Crippen molar-refractivity contribution in [2.45, 2.75) is 58.8 Å². The van der Waals surface area contributed by atoms with Gasteiger partial charge in [0.2, 0.25) is 0 Å². The molecule has 0 bridgehead atoms. The molecule has 226 valence electrons. The van der Waals surface area contributed by atoms with E-state index >= 15 is 0 Å². The molecule has 0 atom stereocenters. The van der Waals surface area contributed by atoms with Gasteiger partial charge in [0.15, 0.2) is 0 Å².